The Bertz CT molecular complexity index is 2160. The first-order chi connectivity index (χ1) is 34.3. The van der Waals surface area contributed by atoms with Crippen LogP contribution in [-0.4, -0.2) is 200 Å². The molecule has 14 N–H and O–H groups in total. The van der Waals surface area contributed by atoms with E-state index in [1.807, 2.05) is 0 Å². The number of carbonyl (C=O) groups excluding carboxylic acids is 13. The van der Waals surface area contributed by atoms with E-state index < -0.39 is 178 Å². The molecule has 1 saturated heterocycles. The maximum absolute atomic E-state index is 13.4. The number of rotatable bonds is 27. The van der Waals surface area contributed by atoms with Crippen LogP contribution in [0.25, 0.3) is 0 Å². The molecular formula is C43H63N11O19. The van der Waals surface area contributed by atoms with Gasteiger partial charge in [-0.1, -0.05) is 30.3 Å². The maximum atomic E-state index is 13.4. The van der Waals surface area contributed by atoms with E-state index in [9.17, 15) is 77.6 Å². The van der Waals surface area contributed by atoms with Gasteiger partial charge in [-0.05, 0) is 33.3 Å². The summed E-state index contributed by atoms with van der Waals surface area (Å²) in [5.41, 5.74) is -0.542. The van der Waals surface area contributed by atoms with Gasteiger partial charge in [0.15, 0.2) is 12.8 Å². The first kappa shape index (κ1) is 61.3. The Balaban J connectivity index is 1.94. The molecule has 4 unspecified atom stereocenters. The van der Waals surface area contributed by atoms with Gasteiger partial charge in [0, 0.05) is 13.3 Å². The molecule has 1 aromatic rings. The van der Waals surface area contributed by atoms with Crippen LogP contribution in [0, 0.1) is 0 Å². The summed E-state index contributed by atoms with van der Waals surface area (Å²) in [6.45, 7) is 1.22. The average molecular weight is 1040 g/mol. The van der Waals surface area contributed by atoms with Crippen molar-refractivity contribution in [2.24, 2.45) is 0 Å². The molecule has 0 aromatic heterocycles. The number of aliphatic hydroxyl groups excluding tert-OH is 3. The Morgan fingerprint density at radius 3 is 1.58 bits per heavy atom. The van der Waals surface area contributed by atoms with Crippen LogP contribution in [0.4, 0.5) is 4.79 Å². The second-order valence-corrected chi connectivity index (χ2v) is 17.0. The van der Waals surface area contributed by atoms with Crippen LogP contribution in [0.15, 0.2) is 30.3 Å². The Labute approximate surface area is 417 Å². The number of amides is 11. The second kappa shape index (κ2) is 30.8. The fourth-order valence-corrected chi connectivity index (χ4v) is 5.99. The van der Waals surface area contributed by atoms with Gasteiger partial charge in [-0.3, -0.25) is 52.7 Å². The summed E-state index contributed by atoms with van der Waals surface area (Å²) in [7, 11) is 0. The van der Waals surface area contributed by atoms with Crippen LogP contribution < -0.4 is 58.5 Å². The van der Waals surface area contributed by atoms with Crippen molar-refractivity contribution in [1.82, 2.24) is 58.5 Å². The zero-order valence-electron chi connectivity index (χ0n) is 40.6. The Morgan fingerprint density at radius 2 is 1.10 bits per heavy atom. The number of hydrogen-bond acceptors (Lipinski definition) is 19. The second-order valence-electron chi connectivity index (χ2n) is 17.0. The number of esters is 1. The standard InChI is InChI=1S/C43H63N11O19/c1-22(56)13-44-29(59)14-45-30(60)15-46-31(61)16-47-32(62)17-48-33(63)18-49-35(65)21-71-41(69)26(11-24-9-7-6-8-10-24)52-34(64)19-50-39(68)25(53-42(70)73-43(3,4)5)12-28(58)54-40-36(51-23(2)57)38(67)37(66)27(20-55)72-40/h6-10,25-27,36-38,40,55,66-67H,11-21H2,1-5H3,(H,44,59)(H,45,60)(H,46,61)(H,47,62)(H,48,63)(H,49,65)(H,50,68)(H,51,57)(H,52,64)(H,53,70)(H,54,58)/t25?,26-,27?,36?,37+,38?,40+/m0/s1. The Hall–Kier alpha value is -7.83. The lowest BCUT2D eigenvalue weighted by Gasteiger charge is -2.42. The fraction of sp³-hybridized carbons (Fsp3) is 0.558. The molecule has 0 spiro atoms. The van der Waals surface area contributed by atoms with Gasteiger partial charge in [0.2, 0.25) is 53.2 Å². The van der Waals surface area contributed by atoms with E-state index in [-0.39, 0.29) is 18.7 Å². The zero-order chi connectivity index (χ0) is 54.8. The van der Waals surface area contributed by atoms with Crippen molar-refractivity contribution in [3.8, 4) is 0 Å². The molecular weight excluding hydrogens is 975 g/mol. The largest absolute Gasteiger partial charge is 0.454 e. The van der Waals surface area contributed by atoms with Crippen molar-refractivity contribution >= 4 is 76.9 Å². The number of hydrogen-bond donors (Lipinski definition) is 14. The smallest absolute Gasteiger partial charge is 0.408 e. The number of ether oxygens (including phenoxy) is 3. The molecule has 404 valence electrons. The lowest BCUT2D eigenvalue weighted by atomic mass is 9.95. The van der Waals surface area contributed by atoms with Gasteiger partial charge in [-0.2, -0.15) is 0 Å². The van der Waals surface area contributed by atoms with Crippen LogP contribution in [0.2, 0.25) is 0 Å². The summed E-state index contributed by atoms with van der Waals surface area (Å²) in [5, 5.41) is 55.2. The van der Waals surface area contributed by atoms with Gasteiger partial charge in [-0.15, -0.1) is 0 Å². The predicted molar refractivity (Wildman–Crippen MR) is 246 cm³/mol. The van der Waals surface area contributed by atoms with E-state index in [0.717, 1.165) is 6.92 Å². The van der Waals surface area contributed by atoms with Gasteiger partial charge in [0.25, 0.3) is 5.91 Å². The van der Waals surface area contributed by atoms with Gasteiger partial charge >= 0.3 is 12.1 Å². The molecule has 1 aliphatic heterocycles. The van der Waals surface area contributed by atoms with Crippen LogP contribution >= 0.6 is 0 Å². The summed E-state index contributed by atoms with van der Waals surface area (Å²) >= 11 is 0. The van der Waals surface area contributed by atoms with Gasteiger partial charge in [0.05, 0.1) is 58.8 Å². The van der Waals surface area contributed by atoms with E-state index in [1.54, 1.807) is 30.3 Å². The molecule has 1 fully saturated rings. The number of alkyl carbamates (subject to hydrolysis) is 1. The van der Waals surface area contributed by atoms with E-state index in [1.165, 1.54) is 27.7 Å². The lowest BCUT2D eigenvalue weighted by Crippen LogP contribution is -2.68. The van der Waals surface area contributed by atoms with Crippen molar-refractivity contribution in [3.63, 3.8) is 0 Å². The molecule has 0 radical (unpaired) electrons. The van der Waals surface area contributed by atoms with Crippen LogP contribution in [0.3, 0.4) is 0 Å². The maximum Gasteiger partial charge on any atom is 0.408 e. The first-order valence-electron chi connectivity index (χ1n) is 22.3. The summed E-state index contributed by atoms with van der Waals surface area (Å²) in [4.78, 5) is 161. The normalized spacial score (nSPS) is 17.8. The Kier molecular flexibility index (Phi) is 25.9. The van der Waals surface area contributed by atoms with E-state index in [0.29, 0.717) is 5.56 Å². The number of aliphatic hydroxyl groups is 3. The van der Waals surface area contributed by atoms with Gasteiger partial charge in [0.1, 0.15) is 47.8 Å². The van der Waals surface area contributed by atoms with Crippen LogP contribution in [0.5, 0.6) is 0 Å². The minimum atomic E-state index is -1.75. The molecule has 0 bridgehead atoms. The summed E-state index contributed by atoms with van der Waals surface area (Å²) in [6.07, 6.45) is -8.53. The lowest BCUT2D eigenvalue weighted by molar-refractivity contribution is -0.203. The topological polar surface area (TPSA) is 443 Å². The van der Waals surface area contributed by atoms with Crippen molar-refractivity contribution in [2.45, 2.75) is 95.7 Å². The monoisotopic (exact) mass is 1040 g/mol. The highest BCUT2D eigenvalue weighted by Gasteiger charge is 2.45. The molecule has 1 aromatic carbocycles. The average Bonchev–Trinajstić information content (AvgIpc) is 3.32. The van der Waals surface area contributed by atoms with Crippen molar-refractivity contribution in [1.29, 1.82) is 0 Å². The van der Waals surface area contributed by atoms with Crippen LogP contribution in [-0.2, 0) is 78.2 Å². The van der Waals surface area contributed by atoms with Crippen molar-refractivity contribution in [3.05, 3.63) is 35.9 Å². The van der Waals surface area contributed by atoms with E-state index in [4.69, 9.17) is 14.2 Å². The zero-order valence-corrected chi connectivity index (χ0v) is 40.6. The molecule has 30 heteroatoms. The quantitative estimate of drug-likeness (QED) is 0.0364. The third-order valence-electron chi connectivity index (χ3n) is 9.43. The molecule has 2 rings (SSSR count). The van der Waals surface area contributed by atoms with Gasteiger partial charge < -0.3 is 88.0 Å². The molecule has 1 heterocycles. The Morgan fingerprint density at radius 1 is 0.603 bits per heavy atom. The predicted octanol–water partition coefficient (Wildman–Crippen LogP) is -8.00. The van der Waals surface area contributed by atoms with Crippen molar-refractivity contribution < 1.29 is 91.9 Å². The van der Waals surface area contributed by atoms with Crippen molar-refractivity contribution in [2.75, 3.05) is 59.0 Å². The molecule has 11 amide bonds. The molecule has 1 aliphatic rings. The minimum absolute atomic E-state index is 0.179. The molecule has 7 atom stereocenters. The number of benzene rings is 1. The molecule has 0 saturated carbocycles. The molecule has 30 nitrogen and oxygen atoms in total. The fourth-order valence-electron chi connectivity index (χ4n) is 5.99. The first-order valence-corrected chi connectivity index (χ1v) is 22.3. The summed E-state index contributed by atoms with van der Waals surface area (Å²) < 4.78 is 15.8. The number of Topliss-reactive ketones (excluding diaryl/α,β-unsaturated/α-hetero) is 1. The third kappa shape index (κ3) is 25.2. The molecule has 0 aliphatic carbocycles. The third-order valence-corrected chi connectivity index (χ3v) is 9.43. The molecule has 73 heavy (non-hydrogen) atoms. The van der Waals surface area contributed by atoms with E-state index >= 15 is 0 Å². The minimum Gasteiger partial charge on any atom is -0.454 e. The number of ketones is 1. The van der Waals surface area contributed by atoms with E-state index in [2.05, 4.69) is 58.5 Å². The highest BCUT2D eigenvalue weighted by Crippen LogP contribution is 2.20. The highest BCUT2D eigenvalue weighted by molar-refractivity contribution is 5.95. The van der Waals surface area contributed by atoms with Gasteiger partial charge in [-0.25, -0.2) is 9.59 Å². The summed E-state index contributed by atoms with van der Waals surface area (Å²) in [5.74, 6) is -10.0. The summed E-state index contributed by atoms with van der Waals surface area (Å²) in [6, 6.07) is 3.54. The SMILES string of the molecule is CC(=O)CNC(=O)CNC(=O)CNC(=O)CNC(=O)CNC(=O)CNC(=O)COC(=O)[C@H](Cc1ccccc1)NC(=O)CNC(=O)C(CC(=O)N[C@@H]1OC(CO)[C@@H](O)C(O)C1NC(C)=O)NC(=O)OC(C)(C)C. The number of nitrogens with one attached hydrogen (secondary N) is 11. The van der Waals surface area contributed by atoms with Crippen LogP contribution in [0.1, 0.15) is 46.6 Å². The number of carbonyl (C=O) groups is 13. The highest BCUT2D eigenvalue weighted by atomic mass is 16.6.